The first-order valence-corrected chi connectivity index (χ1v) is 6.52. The van der Waals surface area contributed by atoms with Crippen molar-refractivity contribution >= 4 is 49.2 Å². The quantitative estimate of drug-likeness (QED) is 0.747. The van der Waals surface area contributed by atoms with Crippen LogP contribution in [0, 0.1) is 0 Å². The van der Waals surface area contributed by atoms with Crippen LogP contribution in [-0.4, -0.2) is 15.8 Å². The minimum atomic E-state index is -0.206. The van der Waals surface area contributed by atoms with Crippen molar-refractivity contribution in [3.63, 3.8) is 0 Å². The maximum absolute atomic E-state index is 12.1. The zero-order valence-corrected chi connectivity index (χ0v) is 12.3. The van der Waals surface area contributed by atoms with Crippen molar-refractivity contribution in [3.8, 4) is 0 Å². The molecule has 3 nitrogen and oxygen atoms in total. The average molecular weight is 376 g/mol. The van der Waals surface area contributed by atoms with Gasteiger partial charge in [-0.2, -0.15) is 0 Å². The van der Waals surface area contributed by atoms with Crippen molar-refractivity contribution in [2.24, 2.45) is 0 Å². The van der Waals surface area contributed by atoms with Gasteiger partial charge in [0.05, 0.1) is 6.20 Å². The van der Waals surface area contributed by atoms with E-state index in [-0.39, 0.29) is 11.5 Å². The van der Waals surface area contributed by atoms with Gasteiger partial charge in [-0.15, -0.1) is 0 Å². The Balaban J connectivity index is 2.43. The predicted octanol–water partition coefficient (Wildman–Crippen LogP) is 3.89. The number of nitrogens with zero attached hydrogens (tertiary/aromatic N) is 2. The van der Waals surface area contributed by atoms with Gasteiger partial charge in [0.15, 0.2) is 0 Å². The molecule has 0 saturated heterocycles. The highest BCUT2D eigenvalue weighted by atomic mass is 79.9. The van der Waals surface area contributed by atoms with Crippen LogP contribution in [0.1, 0.15) is 16.1 Å². The van der Waals surface area contributed by atoms with Crippen LogP contribution in [0.2, 0.25) is 5.02 Å². The van der Waals surface area contributed by atoms with Gasteiger partial charge in [0, 0.05) is 10.6 Å². The smallest absolute Gasteiger partial charge is 0.214 e. The second-order valence-corrected chi connectivity index (χ2v) is 5.17. The average Bonchev–Trinajstić information content (AvgIpc) is 2.32. The molecule has 17 heavy (non-hydrogen) atoms. The Morgan fingerprint density at radius 2 is 1.82 bits per heavy atom. The summed E-state index contributed by atoms with van der Waals surface area (Å²) < 4.78 is 0.929. The summed E-state index contributed by atoms with van der Waals surface area (Å²) in [5, 5.41) is 0.584. The number of hydrogen-bond donors (Lipinski definition) is 0. The van der Waals surface area contributed by atoms with Crippen LogP contribution in [-0.2, 0) is 0 Å². The van der Waals surface area contributed by atoms with Gasteiger partial charge in [-0.1, -0.05) is 11.6 Å². The summed E-state index contributed by atoms with van der Waals surface area (Å²) >= 11 is 12.1. The van der Waals surface area contributed by atoms with Crippen LogP contribution in [0.15, 0.2) is 39.7 Å². The van der Waals surface area contributed by atoms with Crippen molar-refractivity contribution in [1.82, 2.24) is 9.97 Å². The number of benzene rings is 1. The molecule has 0 fully saturated rings. The molecule has 1 aromatic heterocycles. The molecular formula is C11H5Br2ClN2O. The molecule has 86 valence electrons. The van der Waals surface area contributed by atoms with E-state index in [0.717, 1.165) is 0 Å². The summed E-state index contributed by atoms with van der Waals surface area (Å²) in [6.45, 7) is 0. The maximum Gasteiger partial charge on any atom is 0.214 e. The number of carbonyl (C=O) groups excluding carboxylic acids is 1. The van der Waals surface area contributed by atoms with Crippen LogP contribution in [0.4, 0.5) is 0 Å². The van der Waals surface area contributed by atoms with E-state index in [4.69, 9.17) is 11.6 Å². The summed E-state index contributed by atoms with van der Waals surface area (Å²) in [5.41, 5.74) is 0.782. The Kier molecular flexibility index (Phi) is 3.91. The molecule has 0 saturated carbocycles. The number of ketones is 1. The Bertz CT molecular complexity index is 572. The molecule has 0 radical (unpaired) electrons. The minimum Gasteiger partial charge on any atom is -0.287 e. The molecule has 1 aromatic carbocycles. The first-order chi connectivity index (χ1) is 8.08. The van der Waals surface area contributed by atoms with E-state index in [1.54, 1.807) is 24.3 Å². The standard InChI is InChI=1S/C11H5Br2ClN2O/c12-8-5-15-11(13)9(16-8)10(17)6-1-3-7(14)4-2-6/h1-5H. The molecule has 0 bridgehead atoms. The summed E-state index contributed by atoms with van der Waals surface area (Å²) in [7, 11) is 0. The van der Waals surface area contributed by atoms with Crippen molar-refractivity contribution in [2.75, 3.05) is 0 Å². The molecule has 1 heterocycles. The van der Waals surface area contributed by atoms with Crippen LogP contribution in [0.5, 0.6) is 0 Å². The molecule has 0 aliphatic rings. The van der Waals surface area contributed by atoms with Crippen molar-refractivity contribution in [2.45, 2.75) is 0 Å². The zero-order valence-electron chi connectivity index (χ0n) is 8.32. The highest BCUT2D eigenvalue weighted by molar-refractivity contribution is 9.10. The third-order valence-electron chi connectivity index (χ3n) is 2.02. The number of rotatable bonds is 2. The van der Waals surface area contributed by atoms with E-state index in [1.165, 1.54) is 6.20 Å². The molecule has 2 aromatic rings. The van der Waals surface area contributed by atoms with E-state index in [2.05, 4.69) is 41.8 Å². The van der Waals surface area contributed by atoms with E-state index in [0.29, 0.717) is 19.8 Å². The maximum atomic E-state index is 12.1. The van der Waals surface area contributed by atoms with Gasteiger partial charge in [-0.05, 0) is 56.1 Å². The summed E-state index contributed by atoms with van der Waals surface area (Å²) in [4.78, 5) is 20.2. The topological polar surface area (TPSA) is 42.9 Å². The Morgan fingerprint density at radius 1 is 1.18 bits per heavy atom. The highest BCUT2D eigenvalue weighted by Gasteiger charge is 2.15. The van der Waals surface area contributed by atoms with Crippen LogP contribution in [0.25, 0.3) is 0 Å². The predicted molar refractivity (Wildman–Crippen MR) is 72.3 cm³/mol. The fraction of sp³-hybridized carbons (Fsp3) is 0. The number of halogens is 3. The van der Waals surface area contributed by atoms with E-state index in [1.807, 2.05) is 0 Å². The molecule has 0 aliphatic heterocycles. The fourth-order valence-corrected chi connectivity index (χ4v) is 2.01. The van der Waals surface area contributed by atoms with Gasteiger partial charge in [-0.3, -0.25) is 4.79 Å². The summed E-state index contributed by atoms with van der Waals surface area (Å²) in [5.74, 6) is -0.206. The van der Waals surface area contributed by atoms with E-state index in [9.17, 15) is 4.79 Å². The van der Waals surface area contributed by atoms with Crippen molar-refractivity contribution in [3.05, 3.63) is 55.9 Å². The second-order valence-electron chi connectivity index (χ2n) is 3.17. The van der Waals surface area contributed by atoms with Gasteiger partial charge in [0.25, 0.3) is 0 Å². The largest absolute Gasteiger partial charge is 0.287 e. The Hall–Kier alpha value is -0.780. The van der Waals surface area contributed by atoms with Crippen LogP contribution >= 0.6 is 43.5 Å². The Labute approximate surface area is 119 Å². The molecule has 0 amide bonds. The molecule has 0 aliphatic carbocycles. The van der Waals surface area contributed by atoms with E-state index < -0.39 is 0 Å². The summed E-state index contributed by atoms with van der Waals surface area (Å²) in [6.07, 6.45) is 1.52. The van der Waals surface area contributed by atoms with Gasteiger partial charge in [0.1, 0.15) is 14.9 Å². The SMILES string of the molecule is O=C(c1ccc(Cl)cc1)c1nc(Br)cnc1Br. The normalized spacial score (nSPS) is 10.3. The second kappa shape index (κ2) is 5.25. The third kappa shape index (κ3) is 2.91. The number of carbonyl (C=O) groups is 1. The number of hydrogen-bond acceptors (Lipinski definition) is 3. The monoisotopic (exact) mass is 374 g/mol. The van der Waals surface area contributed by atoms with Gasteiger partial charge in [-0.25, -0.2) is 9.97 Å². The van der Waals surface area contributed by atoms with Crippen LogP contribution in [0.3, 0.4) is 0 Å². The molecule has 0 unspecified atom stereocenters. The van der Waals surface area contributed by atoms with E-state index >= 15 is 0 Å². The molecule has 0 atom stereocenters. The summed E-state index contributed by atoms with van der Waals surface area (Å²) in [6, 6.07) is 6.63. The Morgan fingerprint density at radius 3 is 2.47 bits per heavy atom. The lowest BCUT2D eigenvalue weighted by molar-refractivity contribution is 0.103. The van der Waals surface area contributed by atoms with Gasteiger partial charge >= 0.3 is 0 Å². The van der Waals surface area contributed by atoms with Crippen molar-refractivity contribution in [1.29, 1.82) is 0 Å². The zero-order chi connectivity index (χ0) is 12.4. The van der Waals surface area contributed by atoms with Gasteiger partial charge in [0.2, 0.25) is 5.78 Å². The minimum absolute atomic E-state index is 0.206. The lowest BCUT2D eigenvalue weighted by Gasteiger charge is -2.03. The lowest BCUT2D eigenvalue weighted by Crippen LogP contribution is -2.06. The van der Waals surface area contributed by atoms with Crippen LogP contribution < -0.4 is 0 Å². The first-order valence-electron chi connectivity index (χ1n) is 4.56. The highest BCUT2D eigenvalue weighted by Crippen LogP contribution is 2.19. The molecule has 2 rings (SSSR count). The third-order valence-corrected chi connectivity index (χ3v) is 3.23. The molecule has 6 heteroatoms. The lowest BCUT2D eigenvalue weighted by atomic mass is 10.1. The molecular weight excluding hydrogens is 371 g/mol. The molecule has 0 spiro atoms. The fourth-order valence-electron chi connectivity index (χ4n) is 1.24. The first kappa shape index (κ1) is 12.7. The van der Waals surface area contributed by atoms with Crippen molar-refractivity contribution < 1.29 is 4.79 Å². The number of aromatic nitrogens is 2. The molecule has 0 N–H and O–H groups in total. The van der Waals surface area contributed by atoms with Gasteiger partial charge < -0.3 is 0 Å².